The van der Waals surface area contributed by atoms with Gasteiger partial charge in [-0.05, 0) is 37.3 Å². The average Bonchev–Trinajstić information content (AvgIpc) is 2.53. The topological polar surface area (TPSA) is 29.5 Å². The van der Waals surface area contributed by atoms with Crippen LogP contribution in [0.15, 0.2) is 30.3 Å². The van der Waals surface area contributed by atoms with Crippen LogP contribution in [0, 0.1) is 5.92 Å². The quantitative estimate of drug-likeness (QED) is 0.766. The van der Waals surface area contributed by atoms with Gasteiger partial charge in [0.25, 0.3) is 0 Å². The van der Waals surface area contributed by atoms with Crippen LogP contribution in [-0.2, 0) is 4.74 Å². The van der Waals surface area contributed by atoms with Gasteiger partial charge < -0.3 is 4.74 Å². The van der Waals surface area contributed by atoms with Crippen LogP contribution >= 0.6 is 12.4 Å². The van der Waals surface area contributed by atoms with Crippen LogP contribution in [0.5, 0.6) is 0 Å². The third-order valence-corrected chi connectivity index (χ3v) is 4.14. The summed E-state index contributed by atoms with van der Waals surface area (Å²) in [5.74, 6) is 0.532. The highest BCUT2D eigenvalue weighted by Crippen LogP contribution is 2.22. The van der Waals surface area contributed by atoms with Crippen LogP contribution in [0.25, 0.3) is 0 Å². The molecule has 0 bridgehead atoms. The van der Waals surface area contributed by atoms with Crippen LogP contribution < -0.4 is 0 Å². The second kappa shape index (κ2) is 9.06. The molecule has 0 amide bonds. The molecule has 4 heteroatoms. The van der Waals surface area contributed by atoms with Crippen molar-refractivity contribution in [2.45, 2.75) is 45.8 Å². The minimum absolute atomic E-state index is 0. The summed E-state index contributed by atoms with van der Waals surface area (Å²) in [7, 11) is 0. The zero-order valence-electron chi connectivity index (χ0n) is 13.0. The van der Waals surface area contributed by atoms with E-state index in [-0.39, 0.29) is 24.6 Å². The number of carbonyl (C=O) groups is 1. The van der Waals surface area contributed by atoms with Gasteiger partial charge in [-0.1, -0.05) is 38.5 Å². The molecule has 1 fully saturated rings. The lowest BCUT2D eigenvalue weighted by molar-refractivity contribution is -0.0495. The number of esters is 1. The number of piperidine rings is 1. The van der Waals surface area contributed by atoms with Crippen molar-refractivity contribution < 1.29 is 9.53 Å². The first-order valence-corrected chi connectivity index (χ1v) is 7.74. The molecule has 0 N–H and O–H groups in total. The average molecular weight is 312 g/mol. The second-order valence-corrected chi connectivity index (χ2v) is 5.55. The van der Waals surface area contributed by atoms with Crippen molar-refractivity contribution in [3.63, 3.8) is 0 Å². The largest absolute Gasteiger partial charge is 0.443 e. The summed E-state index contributed by atoms with van der Waals surface area (Å²) in [6.45, 7) is 6.41. The zero-order chi connectivity index (χ0) is 14.4. The Kier molecular flexibility index (Phi) is 7.76. The number of carbonyl (C=O) groups excluding carboxylic acids is 1. The van der Waals surface area contributed by atoms with E-state index >= 15 is 0 Å². The fourth-order valence-corrected chi connectivity index (χ4v) is 2.87. The van der Waals surface area contributed by atoms with Crippen LogP contribution in [0.4, 0.5) is 0 Å². The first kappa shape index (κ1) is 18.0. The highest BCUT2D eigenvalue weighted by Gasteiger charge is 2.26. The number of rotatable bonds is 5. The summed E-state index contributed by atoms with van der Waals surface area (Å²) in [5, 5.41) is 0. The van der Waals surface area contributed by atoms with Crippen LogP contribution in [0.1, 0.15) is 49.9 Å². The van der Waals surface area contributed by atoms with Gasteiger partial charge >= 0.3 is 5.97 Å². The maximum atomic E-state index is 12.2. The number of hydrogen-bond acceptors (Lipinski definition) is 3. The highest BCUT2D eigenvalue weighted by molar-refractivity contribution is 5.89. The normalized spacial score (nSPS) is 20.4. The Hall–Kier alpha value is -1.06. The molecule has 1 aromatic rings. The van der Waals surface area contributed by atoms with E-state index in [0.717, 1.165) is 25.4 Å². The third kappa shape index (κ3) is 5.01. The van der Waals surface area contributed by atoms with Crippen LogP contribution in [0.2, 0.25) is 0 Å². The van der Waals surface area contributed by atoms with Gasteiger partial charge in [0.05, 0.1) is 5.56 Å². The van der Waals surface area contributed by atoms with Gasteiger partial charge in [0.2, 0.25) is 0 Å². The molecule has 1 heterocycles. The monoisotopic (exact) mass is 311 g/mol. The maximum Gasteiger partial charge on any atom is 0.339 e. The molecule has 0 saturated carbocycles. The molecule has 0 aromatic heterocycles. The Morgan fingerprint density at radius 2 is 2.05 bits per heavy atom. The van der Waals surface area contributed by atoms with E-state index in [0.29, 0.717) is 5.56 Å². The molecule has 2 atom stereocenters. The second-order valence-electron chi connectivity index (χ2n) is 5.55. The predicted octanol–water partition coefficient (Wildman–Crippen LogP) is 4.12. The molecule has 2 unspecified atom stereocenters. The summed E-state index contributed by atoms with van der Waals surface area (Å²) >= 11 is 0. The van der Waals surface area contributed by atoms with Gasteiger partial charge in [-0.25, -0.2) is 4.79 Å². The van der Waals surface area contributed by atoms with Gasteiger partial charge in [0.1, 0.15) is 0 Å². The number of halogens is 1. The molecule has 0 spiro atoms. The molecule has 1 aliphatic rings. The van der Waals surface area contributed by atoms with E-state index in [1.807, 2.05) is 18.2 Å². The lowest BCUT2D eigenvalue weighted by atomic mass is 9.95. The van der Waals surface area contributed by atoms with Crippen LogP contribution in [0.3, 0.4) is 0 Å². The lowest BCUT2D eigenvalue weighted by Gasteiger charge is -2.37. The van der Waals surface area contributed by atoms with Crippen molar-refractivity contribution in [3.05, 3.63) is 35.9 Å². The molecule has 21 heavy (non-hydrogen) atoms. The van der Waals surface area contributed by atoms with Crippen molar-refractivity contribution in [1.82, 2.24) is 4.90 Å². The summed E-state index contributed by atoms with van der Waals surface area (Å²) in [6.07, 6.45) is 4.47. The fraction of sp³-hybridized carbons (Fsp3) is 0.588. The van der Waals surface area contributed by atoms with E-state index in [1.165, 1.54) is 19.3 Å². The standard InChI is InChI=1S/C17H25NO2.ClH/c1-3-14-9-8-12-18(13-14)16(4-2)20-17(19)15-10-6-5-7-11-15;/h5-7,10-11,14,16H,3-4,8-9,12-13H2,1-2H3;1H. The molecule has 1 saturated heterocycles. The van der Waals surface area contributed by atoms with E-state index in [9.17, 15) is 4.79 Å². The van der Waals surface area contributed by atoms with Gasteiger partial charge in [-0.2, -0.15) is 0 Å². The van der Waals surface area contributed by atoms with Crippen LogP contribution in [-0.4, -0.2) is 30.2 Å². The minimum atomic E-state index is -0.212. The number of likely N-dealkylation sites (tertiary alicyclic amines) is 1. The van der Waals surface area contributed by atoms with E-state index in [2.05, 4.69) is 18.7 Å². The number of hydrogen-bond donors (Lipinski definition) is 0. The minimum Gasteiger partial charge on any atom is -0.443 e. The summed E-state index contributed by atoms with van der Waals surface area (Å²) < 4.78 is 5.71. The van der Waals surface area contributed by atoms with Crippen molar-refractivity contribution in [3.8, 4) is 0 Å². The maximum absolute atomic E-state index is 12.2. The summed E-state index contributed by atoms with van der Waals surface area (Å²) in [6, 6.07) is 9.25. The highest BCUT2D eigenvalue weighted by atomic mass is 35.5. The molecule has 118 valence electrons. The third-order valence-electron chi connectivity index (χ3n) is 4.14. The lowest BCUT2D eigenvalue weighted by Crippen LogP contribution is -2.44. The first-order valence-electron chi connectivity index (χ1n) is 7.74. The first-order chi connectivity index (χ1) is 9.74. The molecular formula is C17H26ClNO2. The molecule has 1 aliphatic heterocycles. The van der Waals surface area contributed by atoms with Gasteiger partial charge in [0, 0.05) is 13.1 Å². The van der Waals surface area contributed by atoms with Gasteiger partial charge in [-0.15, -0.1) is 12.4 Å². The van der Waals surface area contributed by atoms with E-state index in [4.69, 9.17) is 4.74 Å². The Morgan fingerprint density at radius 3 is 2.67 bits per heavy atom. The predicted molar refractivity (Wildman–Crippen MR) is 87.8 cm³/mol. The van der Waals surface area contributed by atoms with Crippen molar-refractivity contribution in [2.75, 3.05) is 13.1 Å². The molecular weight excluding hydrogens is 286 g/mol. The van der Waals surface area contributed by atoms with Gasteiger partial charge in [0.15, 0.2) is 6.23 Å². The molecule has 1 aromatic carbocycles. The molecule has 0 aliphatic carbocycles. The summed E-state index contributed by atoms with van der Waals surface area (Å²) in [4.78, 5) is 14.5. The SMILES string of the molecule is CCC1CCCN(C(CC)OC(=O)c2ccccc2)C1.Cl. The molecule has 2 rings (SSSR count). The Morgan fingerprint density at radius 1 is 1.33 bits per heavy atom. The number of ether oxygens (including phenoxy) is 1. The fourth-order valence-electron chi connectivity index (χ4n) is 2.87. The van der Waals surface area contributed by atoms with Crippen molar-refractivity contribution >= 4 is 18.4 Å². The van der Waals surface area contributed by atoms with Gasteiger partial charge in [-0.3, -0.25) is 4.90 Å². The number of benzene rings is 1. The Balaban J connectivity index is 0.00000220. The van der Waals surface area contributed by atoms with Crippen molar-refractivity contribution in [2.24, 2.45) is 5.92 Å². The Bertz CT molecular complexity index is 424. The number of nitrogens with zero attached hydrogens (tertiary/aromatic N) is 1. The zero-order valence-corrected chi connectivity index (χ0v) is 13.8. The van der Waals surface area contributed by atoms with E-state index < -0.39 is 0 Å². The molecule has 3 nitrogen and oxygen atoms in total. The van der Waals surface area contributed by atoms with Crippen molar-refractivity contribution in [1.29, 1.82) is 0 Å². The summed E-state index contributed by atoms with van der Waals surface area (Å²) in [5.41, 5.74) is 0.634. The Labute approximate surface area is 134 Å². The molecule has 0 radical (unpaired) electrons. The smallest absolute Gasteiger partial charge is 0.339 e. The van der Waals surface area contributed by atoms with E-state index in [1.54, 1.807) is 12.1 Å².